The first-order chi connectivity index (χ1) is 7.85. The third kappa shape index (κ3) is 2.16. The lowest BCUT2D eigenvalue weighted by molar-refractivity contribution is -0.200. The van der Waals surface area contributed by atoms with Gasteiger partial charge in [-0.15, -0.1) is 0 Å². The largest absolute Gasteiger partial charge is 0.455 e. The summed E-state index contributed by atoms with van der Waals surface area (Å²) in [6.07, 6.45) is -5.43. The van der Waals surface area contributed by atoms with E-state index in [2.05, 4.69) is 0 Å². The summed E-state index contributed by atoms with van der Waals surface area (Å²) in [6.45, 7) is 2.69. The van der Waals surface area contributed by atoms with Crippen LogP contribution in [0.4, 0.5) is 0 Å². The molecule has 0 amide bonds. The summed E-state index contributed by atoms with van der Waals surface area (Å²) in [7, 11) is 0. The van der Waals surface area contributed by atoms with Crippen LogP contribution in [-0.2, 0) is 19.0 Å². The molecule has 5 atom stereocenters. The summed E-state index contributed by atoms with van der Waals surface area (Å²) in [5.74, 6) is -1.86. The van der Waals surface area contributed by atoms with Gasteiger partial charge in [0.25, 0.3) is 0 Å². The standard InChI is InChI=1S/C10H16O7/c1-10(2)16-7-5(13)9(14)15-6(4(12)3-11)8(7)17-10/h4-8,11-13H,3H2,1-2H3/t4-,5-,6+,7+,8-/m0/s1. The highest BCUT2D eigenvalue weighted by atomic mass is 16.8. The van der Waals surface area contributed by atoms with Crippen LogP contribution in [0.3, 0.4) is 0 Å². The molecule has 0 radical (unpaired) electrons. The summed E-state index contributed by atoms with van der Waals surface area (Å²) in [4.78, 5) is 11.4. The molecule has 7 nitrogen and oxygen atoms in total. The van der Waals surface area contributed by atoms with Crippen LogP contribution in [0.5, 0.6) is 0 Å². The highest BCUT2D eigenvalue weighted by molar-refractivity contribution is 5.76. The van der Waals surface area contributed by atoms with Crippen molar-refractivity contribution in [1.82, 2.24) is 0 Å². The fraction of sp³-hybridized carbons (Fsp3) is 0.900. The molecule has 7 heteroatoms. The van der Waals surface area contributed by atoms with Gasteiger partial charge in [0.2, 0.25) is 0 Å². The number of rotatable bonds is 2. The first-order valence-corrected chi connectivity index (χ1v) is 5.39. The number of carbonyl (C=O) groups excluding carboxylic acids is 1. The topological polar surface area (TPSA) is 105 Å². The molecular weight excluding hydrogens is 232 g/mol. The first kappa shape index (κ1) is 12.7. The van der Waals surface area contributed by atoms with E-state index in [1.165, 1.54) is 0 Å². The molecule has 0 unspecified atom stereocenters. The summed E-state index contributed by atoms with van der Waals surface area (Å²) < 4.78 is 15.7. The Hall–Kier alpha value is -0.730. The lowest BCUT2D eigenvalue weighted by atomic mass is 9.96. The van der Waals surface area contributed by atoms with Crippen LogP contribution >= 0.6 is 0 Å². The van der Waals surface area contributed by atoms with Gasteiger partial charge in [-0.1, -0.05) is 0 Å². The molecule has 17 heavy (non-hydrogen) atoms. The lowest BCUT2D eigenvalue weighted by Crippen LogP contribution is -2.58. The van der Waals surface area contributed by atoms with Crippen molar-refractivity contribution in [3.05, 3.63) is 0 Å². The number of aliphatic hydroxyl groups is 3. The zero-order valence-electron chi connectivity index (χ0n) is 9.57. The minimum atomic E-state index is -1.44. The maximum Gasteiger partial charge on any atom is 0.338 e. The van der Waals surface area contributed by atoms with E-state index in [9.17, 15) is 15.0 Å². The monoisotopic (exact) mass is 248 g/mol. The fourth-order valence-electron chi connectivity index (χ4n) is 2.12. The Bertz CT molecular complexity index is 316. The van der Waals surface area contributed by atoms with E-state index in [-0.39, 0.29) is 0 Å². The summed E-state index contributed by atoms with van der Waals surface area (Å²) in [5.41, 5.74) is 0. The van der Waals surface area contributed by atoms with Gasteiger partial charge < -0.3 is 29.5 Å². The molecule has 2 heterocycles. The van der Waals surface area contributed by atoms with Gasteiger partial charge >= 0.3 is 5.97 Å². The molecule has 2 saturated heterocycles. The number of ether oxygens (including phenoxy) is 3. The molecule has 0 aliphatic carbocycles. The van der Waals surface area contributed by atoms with Gasteiger partial charge in [0.15, 0.2) is 18.0 Å². The van der Waals surface area contributed by atoms with Gasteiger partial charge in [0.05, 0.1) is 6.61 Å². The van der Waals surface area contributed by atoms with Crippen molar-refractivity contribution >= 4 is 5.97 Å². The fourth-order valence-corrected chi connectivity index (χ4v) is 2.12. The van der Waals surface area contributed by atoms with Gasteiger partial charge in [0.1, 0.15) is 18.3 Å². The summed E-state index contributed by atoms with van der Waals surface area (Å²) >= 11 is 0. The van der Waals surface area contributed by atoms with E-state index in [0.29, 0.717) is 0 Å². The molecule has 0 aromatic heterocycles. The number of carbonyl (C=O) groups is 1. The Morgan fingerprint density at radius 1 is 1.35 bits per heavy atom. The summed E-state index contributed by atoms with van der Waals surface area (Å²) in [6, 6.07) is 0. The Balaban J connectivity index is 2.23. The molecule has 2 aliphatic rings. The predicted molar refractivity (Wildman–Crippen MR) is 52.8 cm³/mol. The van der Waals surface area contributed by atoms with Gasteiger partial charge in [-0.25, -0.2) is 4.79 Å². The number of esters is 1. The molecule has 0 aromatic rings. The number of cyclic esters (lactones) is 1. The maximum atomic E-state index is 11.4. The zero-order valence-corrected chi connectivity index (χ0v) is 9.57. The van der Waals surface area contributed by atoms with Crippen LogP contribution in [-0.4, -0.2) is 64.2 Å². The first-order valence-electron chi connectivity index (χ1n) is 5.39. The van der Waals surface area contributed by atoms with Crippen molar-refractivity contribution in [2.75, 3.05) is 6.61 Å². The van der Waals surface area contributed by atoms with Crippen LogP contribution in [0.2, 0.25) is 0 Å². The van der Waals surface area contributed by atoms with Crippen LogP contribution in [0, 0.1) is 0 Å². The van der Waals surface area contributed by atoms with E-state index in [0.717, 1.165) is 0 Å². The summed E-state index contributed by atoms with van der Waals surface area (Å²) in [5, 5.41) is 28.1. The number of hydrogen-bond donors (Lipinski definition) is 3. The number of fused-ring (bicyclic) bond motifs is 1. The Kier molecular flexibility index (Phi) is 3.13. The Morgan fingerprint density at radius 2 is 1.94 bits per heavy atom. The third-order valence-electron chi connectivity index (χ3n) is 2.86. The second kappa shape index (κ2) is 4.18. The Morgan fingerprint density at radius 3 is 2.53 bits per heavy atom. The van der Waals surface area contributed by atoms with E-state index < -0.39 is 48.9 Å². The highest BCUT2D eigenvalue weighted by Gasteiger charge is 2.56. The van der Waals surface area contributed by atoms with E-state index in [1.807, 2.05) is 0 Å². The van der Waals surface area contributed by atoms with Crippen LogP contribution < -0.4 is 0 Å². The van der Waals surface area contributed by atoms with Crippen molar-refractivity contribution in [3.63, 3.8) is 0 Å². The van der Waals surface area contributed by atoms with Gasteiger partial charge in [-0.2, -0.15) is 0 Å². The molecule has 3 N–H and O–H groups in total. The minimum absolute atomic E-state index is 0.568. The third-order valence-corrected chi connectivity index (χ3v) is 2.86. The van der Waals surface area contributed by atoms with Crippen LogP contribution in [0.25, 0.3) is 0 Å². The number of hydrogen-bond acceptors (Lipinski definition) is 7. The molecule has 2 fully saturated rings. The molecule has 0 bridgehead atoms. The SMILES string of the molecule is CC1(C)O[C@@H]2[C@H](O1)[C@H](O)C(=O)O[C@@H]2[C@@H](O)CO. The predicted octanol–water partition coefficient (Wildman–Crippen LogP) is -1.85. The normalized spacial score (nSPS) is 41.8. The molecule has 0 aromatic carbocycles. The molecule has 2 aliphatic heterocycles. The van der Waals surface area contributed by atoms with Crippen molar-refractivity contribution in [1.29, 1.82) is 0 Å². The molecule has 98 valence electrons. The van der Waals surface area contributed by atoms with Gasteiger partial charge in [-0.05, 0) is 13.8 Å². The second-order valence-corrected chi connectivity index (χ2v) is 4.66. The quantitative estimate of drug-likeness (QED) is 0.492. The zero-order chi connectivity index (χ0) is 12.8. The molecule has 0 saturated carbocycles. The average Bonchev–Trinajstić information content (AvgIpc) is 2.58. The average molecular weight is 248 g/mol. The minimum Gasteiger partial charge on any atom is -0.455 e. The van der Waals surface area contributed by atoms with E-state index in [4.69, 9.17) is 19.3 Å². The molecule has 2 rings (SSSR count). The Labute approximate surface area is 97.9 Å². The van der Waals surface area contributed by atoms with Gasteiger partial charge in [0, 0.05) is 0 Å². The van der Waals surface area contributed by atoms with Gasteiger partial charge in [-0.3, -0.25) is 0 Å². The number of aliphatic hydroxyl groups excluding tert-OH is 3. The molecule has 0 spiro atoms. The smallest absolute Gasteiger partial charge is 0.338 e. The van der Waals surface area contributed by atoms with Crippen LogP contribution in [0.1, 0.15) is 13.8 Å². The molecular formula is C10H16O7. The van der Waals surface area contributed by atoms with Crippen molar-refractivity contribution in [2.24, 2.45) is 0 Å². The lowest BCUT2D eigenvalue weighted by Gasteiger charge is -2.35. The highest BCUT2D eigenvalue weighted by Crippen LogP contribution is 2.36. The second-order valence-electron chi connectivity index (χ2n) is 4.66. The van der Waals surface area contributed by atoms with Crippen LogP contribution in [0.15, 0.2) is 0 Å². The maximum absolute atomic E-state index is 11.4. The van der Waals surface area contributed by atoms with Crippen molar-refractivity contribution in [3.8, 4) is 0 Å². The van der Waals surface area contributed by atoms with Crippen molar-refractivity contribution in [2.45, 2.75) is 50.2 Å². The van der Waals surface area contributed by atoms with E-state index in [1.54, 1.807) is 13.8 Å². The van der Waals surface area contributed by atoms with Crippen molar-refractivity contribution < 1.29 is 34.3 Å². The van der Waals surface area contributed by atoms with E-state index >= 15 is 0 Å².